The summed E-state index contributed by atoms with van der Waals surface area (Å²) in [6.07, 6.45) is -3.53. The molecule has 2 aromatic heterocycles. The fourth-order valence-electron chi connectivity index (χ4n) is 4.39. The van der Waals surface area contributed by atoms with Crippen LogP contribution in [0.15, 0.2) is 35.4 Å². The van der Waals surface area contributed by atoms with Crippen molar-refractivity contribution in [1.82, 2.24) is 19.7 Å². The van der Waals surface area contributed by atoms with Crippen LogP contribution in [0, 0.1) is 0 Å². The SMILES string of the molecule is CC(=O)OC[C@H]1O[C@@H](n2ncc3c(N[C@H](C)c4ccc(S(F)(F)(F)(F)F)cc4)nc(Cl)nc32)[C@H](OC(C)=O)[C@@H]1OC(C)=O. The maximum absolute atomic E-state index is 13.1. The number of carbonyl (C=O) groups is 3. The van der Waals surface area contributed by atoms with E-state index < -0.39 is 63.6 Å². The number of carbonyl (C=O) groups excluding carboxylic acids is 3. The van der Waals surface area contributed by atoms with Gasteiger partial charge in [0.1, 0.15) is 23.4 Å². The molecule has 0 saturated carbocycles. The molecule has 19 heteroatoms. The van der Waals surface area contributed by atoms with Crippen LogP contribution in [0.1, 0.15) is 45.5 Å². The van der Waals surface area contributed by atoms with Crippen LogP contribution in [0.5, 0.6) is 0 Å². The minimum atomic E-state index is -9.84. The molecule has 1 N–H and O–H groups in total. The van der Waals surface area contributed by atoms with E-state index in [9.17, 15) is 33.8 Å². The number of anilines is 1. The van der Waals surface area contributed by atoms with Gasteiger partial charge < -0.3 is 24.3 Å². The number of benzene rings is 1. The maximum atomic E-state index is 13.1. The van der Waals surface area contributed by atoms with Crippen molar-refractivity contribution < 1.29 is 52.8 Å². The summed E-state index contributed by atoms with van der Waals surface area (Å²) < 4.78 is 88.5. The molecule has 1 aliphatic heterocycles. The molecule has 3 aromatic rings. The van der Waals surface area contributed by atoms with E-state index in [1.54, 1.807) is 6.92 Å². The molecule has 0 radical (unpaired) electrons. The van der Waals surface area contributed by atoms with Crippen LogP contribution in [0.3, 0.4) is 0 Å². The highest BCUT2D eigenvalue weighted by Gasteiger charge is 2.65. The number of aromatic nitrogens is 4. The second-order valence-electron chi connectivity index (χ2n) is 9.59. The van der Waals surface area contributed by atoms with Crippen molar-refractivity contribution >= 4 is 56.6 Å². The molecule has 1 fully saturated rings. The third-order valence-corrected chi connectivity index (χ3v) is 7.52. The van der Waals surface area contributed by atoms with E-state index >= 15 is 0 Å². The minimum Gasteiger partial charge on any atom is -0.463 e. The van der Waals surface area contributed by atoms with Gasteiger partial charge in [-0.2, -0.15) is 15.1 Å². The van der Waals surface area contributed by atoms with Gasteiger partial charge in [0.25, 0.3) is 0 Å². The van der Waals surface area contributed by atoms with Crippen LogP contribution in [-0.4, -0.2) is 62.6 Å². The van der Waals surface area contributed by atoms with Crippen molar-refractivity contribution in [2.75, 3.05) is 11.9 Å². The van der Waals surface area contributed by atoms with Crippen LogP contribution in [0.2, 0.25) is 5.28 Å². The summed E-state index contributed by atoms with van der Waals surface area (Å²) in [5.74, 6) is -2.06. The van der Waals surface area contributed by atoms with Crippen LogP contribution < -0.4 is 5.32 Å². The Morgan fingerprint density at radius 2 is 1.60 bits per heavy atom. The van der Waals surface area contributed by atoms with E-state index in [0.717, 1.165) is 32.9 Å². The lowest BCUT2D eigenvalue weighted by Gasteiger charge is -2.40. The Bertz CT molecular complexity index is 1580. The van der Waals surface area contributed by atoms with Gasteiger partial charge in [-0.25, -0.2) is 4.68 Å². The van der Waals surface area contributed by atoms with Crippen molar-refractivity contribution in [3.8, 4) is 0 Å². The summed E-state index contributed by atoms with van der Waals surface area (Å²) >= 11 is 6.16. The van der Waals surface area contributed by atoms with E-state index in [1.165, 1.54) is 10.9 Å². The minimum absolute atomic E-state index is 0.0443. The first-order chi connectivity index (χ1) is 19.7. The molecule has 0 spiro atoms. The number of hydrogen-bond acceptors (Lipinski definition) is 11. The molecule has 1 aliphatic rings. The molecule has 1 aromatic carbocycles. The monoisotopic (exact) mass is 657 g/mol. The van der Waals surface area contributed by atoms with Gasteiger partial charge in [0.2, 0.25) is 5.28 Å². The Morgan fingerprint density at radius 1 is 1.00 bits per heavy atom. The van der Waals surface area contributed by atoms with Gasteiger partial charge in [-0.1, -0.05) is 31.6 Å². The molecule has 0 bridgehead atoms. The predicted molar refractivity (Wildman–Crippen MR) is 142 cm³/mol. The maximum Gasteiger partial charge on any atom is 0.310 e. The lowest BCUT2D eigenvalue weighted by Crippen LogP contribution is -2.40. The smallest absolute Gasteiger partial charge is 0.310 e. The van der Waals surface area contributed by atoms with Crippen molar-refractivity contribution in [2.45, 2.75) is 63.2 Å². The zero-order valence-corrected chi connectivity index (χ0v) is 24.4. The lowest BCUT2D eigenvalue weighted by molar-refractivity contribution is -0.166. The Balaban J connectivity index is 1.69. The van der Waals surface area contributed by atoms with Gasteiger partial charge in [0.05, 0.1) is 11.6 Å². The van der Waals surface area contributed by atoms with Crippen LogP contribution in [0.4, 0.5) is 25.2 Å². The van der Waals surface area contributed by atoms with E-state index in [4.69, 9.17) is 30.5 Å². The van der Waals surface area contributed by atoms with E-state index in [-0.39, 0.29) is 34.3 Å². The van der Waals surface area contributed by atoms with Gasteiger partial charge in [-0.15, -0.1) is 0 Å². The van der Waals surface area contributed by atoms with Crippen molar-refractivity contribution in [3.05, 3.63) is 41.3 Å². The predicted octanol–water partition coefficient (Wildman–Crippen LogP) is 5.63. The van der Waals surface area contributed by atoms with Crippen LogP contribution >= 0.6 is 21.8 Å². The first-order valence-electron chi connectivity index (χ1n) is 12.4. The Hall–Kier alpha value is -3.77. The number of ether oxygens (including phenoxy) is 4. The molecule has 0 amide bonds. The zero-order chi connectivity index (χ0) is 32.0. The standard InChI is InChI=1S/C24H25ClF5N5O7S/c1-11(15-5-7-16(8-6-15)43(26,27,28,29)30)32-21-17-9-31-35(22(17)34-24(25)33-21)23-20(41-14(4)38)19(40-13(3)37)18(42-23)10-39-12(2)36/h5-9,11,18-20,23H,10H2,1-4H3,(H,32,33,34)/t11-,18-,19-,20-,23-/m1/s1. The van der Waals surface area contributed by atoms with Gasteiger partial charge in [0.15, 0.2) is 24.1 Å². The van der Waals surface area contributed by atoms with E-state index in [1.807, 2.05) is 0 Å². The average Bonchev–Trinajstić information content (AvgIpc) is 3.42. The molecule has 5 atom stereocenters. The highest BCUT2D eigenvalue weighted by molar-refractivity contribution is 8.45. The van der Waals surface area contributed by atoms with Crippen LogP contribution in [0.25, 0.3) is 11.0 Å². The summed E-state index contributed by atoms with van der Waals surface area (Å²) in [6, 6.07) is 1.65. The molecule has 1 saturated heterocycles. The quantitative estimate of drug-likeness (QED) is 0.132. The summed E-state index contributed by atoms with van der Waals surface area (Å²) in [5.41, 5.74) is 0.260. The number of nitrogens with zero attached hydrogens (tertiary/aromatic N) is 4. The topological polar surface area (TPSA) is 144 Å². The van der Waals surface area contributed by atoms with Gasteiger partial charge in [0, 0.05) is 26.8 Å². The number of esters is 3. The lowest BCUT2D eigenvalue weighted by atomic mass is 10.1. The number of rotatable bonds is 9. The molecule has 0 unspecified atom stereocenters. The Morgan fingerprint density at radius 3 is 2.16 bits per heavy atom. The fraction of sp³-hybridized carbons (Fsp3) is 0.417. The Kier molecular flexibility index (Phi) is 8.03. The third kappa shape index (κ3) is 7.42. The van der Waals surface area contributed by atoms with Crippen molar-refractivity contribution in [1.29, 1.82) is 0 Å². The molecule has 0 aliphatic carbocycles. The average molecular weight is 658 g/mol. The first-order valence-corrected chi connectivity index (χ1v) is 14.7. The van der Waals surface area contributed by atoms with Crippen molar-refractivity contribution in [3.63, 3.8) is 0 Å². The van der Waals surface area contributed by atoms with Crippen LogP contribution in [-0.2, 0) is 33.3 Å². The van der Waals surface area contributed by atoms with Gasteiger partial charge in [-0.3, -0.25) is 14.4 Å². The Labute approximate surface area is 245 Å². The highest BCUT2D eigenvalue weighted by Crippen LogP contribution is 3.02. The second kappa shape index (κ2) is 10.7. The largest absolute Gasteiger partial charge is 0.463 e. The molecule has 3 heterocycles. The molecule has 12 nitrogen and oxygen atoms in total. The molecule has 43 heavy (non-hydrogen) atoms. The molecule has 4 rings (SSSR count). The molecule has 236 valence electrons. The van der Waals surface area contributed by atoms with E-state index in [2.05, 4.69) is 20.4 Å². The summed E-state index contributed by atoms with van der Waals surface area (Å²) in [4.78, 5) is 41.5. The zero-order valence-electron chi connectivity index (χ0n) is 22.8. The number of fused-ring (bicyclic) bond motifs is 1. The normalized spacial score (nSPS) is 22.7. The summed E-state index contributed by atoms with van der Waals surface area (Å²) in [5, 5.41) is 7.14. The molecular formula is C24H25ClF5N5O7S. The summed E-state index contributed by atoms with van der Waals surface area (Å²) in [7, 11) is -9.84. The first kappa shape index (κ1) is 32.2. The fourth-order valence-corrected chi connectivity index (χ4v) is 5.20. The summed E-state index contributed by atoms with van der Waals surface area (Å²) in [6.45, 7) is 4.59. The number of hydrogen-bond donors (Lipinski definition) is 1. The number of halogens is 6. The second-order valence-corrected chi connectivity index (χ2v) is 12.3. The van der Waals surface area contributed by atoms with Gasteiger partial charge >= 0.3 is 28.1 Å². The van der Waals surface area contributed by atoms with Gasteiger partial charge in [-0.05, 0) is 36.2 Å². The molecular weight excluding hydrogens is 633 g/mol. The number of nitrogens with one attached hydrogen (secondary N) is 1. The highest BCUT2D eigenvalue weighted by atomic mass is 35.5. The van der Waals surface area contributed by atoms with E-state index in [0.29, 0.717) is 12.1 Å². The van der Waals surface area contributed by atoms with Crippen molar-refractivity contribution in [2.24, 2.45) is 0 Å². The third-order valence-electron chi connectivity index (χ3n) is 6.19.